The minimum Gasteiger partial charge on any atom is -0.378 e. The Bertz CT molecular complexity index is 818. The fourth-order valence-electron chi connectivity index (χ4n) is 3.07. The molecule has 28 heavy (non-hydrogen) atoms. The molecule has 1 aliphatic heterocycles. The number of hydrogen-bond donors (Lipinski definition) is 1. The first-order valence-corrected chi connectivity index (χ1v) is 10.8. The SMILES string of the molecule is CC(NC(=O)CN(C)C(=O)c1ccc(Br)s1)c1ccc(N2CCOCC2)cc1. The lowest BCUT2D eigenvalue weighted by Crippen LogP contribution is -2.39. The molecule has 0 bridgehead atoms. The summed E-state index contributed by atoms with van der Waals surface area (Å²) in [4.78, 5) is 29.0. The molecule has 150 valence electrons. The second-order valence-corrected chi connectivity index (χ2v) is 9.21. The highest BCUT2D eigenvalue weighted by Gasteiger charge is 2.18. The van der Waals surface area contributed by atoms with Crippen molar-refractivity contribution in [2.45, 2.75) is 13.0 Å². The molecule has 0 spiro atoms. The van der Waals surface area contributed by atoms with E-state index in [0.717, 1.165) is 41.3 Å². The summed E-state index contributed by atoms with van der Waals surface area (Å²) in [6, 6.07) is 11.7. The second-order valence-electron chi connectivity index (χ2n) is 6.75. The number of likely N-dealkylation sites (N-methyl/N-ethyl adjacent to an activating group) is 1. The summed E-state index contributed by atoms with van der Waals surface area (Å²) in [6.07, 6.45) is 0. The van der Waals surface area contributed by atoms with Gasteiger partial charge in [-0.3, -0.25) is 9.59 Å². The van der Waals surface area contributed by atoms with Crippen molar-refractivity contribution in [2.75, 3.05) is 44.8 Å². The average Bonchev–Trinajstić information content (AvgIpc) is 3.14. The normalized spacial score (nSPS) is 15.2. The van der Waals surface area contributed by atoms with Gasteiger partial charge in [-0.15, -0.1) is 11.3 Å². The molecule has 8 heteroatoms. The highest BCUT2D eigenvalue weighted by Crippen LogP contribution is 2.23. The van der Waals surface area contributed by atoms with Crippen LogP contribution in [0.15, 0.2) is 40.2 Å². The summed E-state index contributed by atoms with van der Waals surface area (Å²) in [5.74, 6) is -0.343. The number of carbonyl (C=O) groups is 2. The number of nitrogens with one attached hydrogen (secondary N) is 1. The molecule has 1 atom stereocenters. The number of morpholine rings is 1. The molecule has 0 saturated carbocycles. The zero-order valence-electron chi connectivity index (χ0n) is 16.0. The van der Waals surface area contributed by atoms with E-state index in [1.165, 1.54) is 16.2 Å². The van der Waals surface area contributed by atoms with E-state index in [2.05, 4.69) is 38.3 Å². The van der Waals surface area contributed by atoms with Gasteiger partial charge in [0.1, 0.15) is 0 Å². The number of carbonyl (C=O) groups excluding carboxylic acids is 2. The van der Waals surface area contributed by atoms with Crippen LogP contribution in [0.3, 0.4) is 0 Å². The Hall–Kier alpha value is -1.90. The van der Waals surface area contributed by atoms with Gasteiger partial charge in [-0.05, 0) is 52.7 Å². The van der Waals surface area contributed by atoms with Gasteiger partial charge in [-0.1, -0.05) is 12.1 Å². The molecule has 1 aromatic heterocycles. The van der Waals surface area contributed by atoms with Crippen LogP contribution in [0.4, 0.5) is 5.69 Å². The van der Waals surface area contributed by atoms with Gasteiger partial charge < -0.3 is 19.9 Å². The molecule has 1 fully saturated rings. The number of halogens is 1. The number of rotatable bonds is 6. The van der Waals surface area contributed by atoms with Gasteiger partial charge in [0.2, 0.25) is 5.91 Å². The predicted octanol–water partition coefficient (Wildman–Crippen LogP) is 3.30. The Labute approximate surface area is 177 Å². The Morgan fingerprint density at radius 1 is 1.21 bits per heavy atom. The quantitative estimate of drug-likeness (QED) is 0.710. The molecule has 0 radical (unpaired) electrons. The van der Waals surface area contributed by atoms with E-state index in [4.69, 9.17) is 4.74 Å². The average molecular weight is 466 g/mol. The first-order chi connectivity index (χ1) is 13.4. The summed E-state index contributed by atoms with van der Waals surface area (Å²) in [5, 5.41) is 2.97. The van der Waals surface area contributed by atoms with Crippen molar-refractivity contribution in [3.05, 3.63) is 50.6 Å². The largest absolute Gasteiger partial charge is 0.378 e. The van der Waals surface area contributed by atoms with Crippen LogP contribution >= 0.6 is 27.3 Å². The fourth-order valence-corrected chi connectivity index (χ4v) is 4.45. The molecule has 1 N–H and O–H groups in total. The molecular formula is C20H24BrN3O3S. The van der Waals surface area contributed by atoms with Crippen LogP contribution in [-0.2, 0) is 9.53 Å². The number of hydrogen-bond acceptors (Lipinski definition) is 5. The Balaban J connectivity index is 1.52. The number of ether oxygens (including phenoxy) is 1. The number of thiophene rings is 1. The van der Waals surface area contributed by atoms with Gasteiger partial charge in [-0.2, -0.15) is 0 Å². The lowest BCUT2D eigenvalue weighted by Gasteiger charge is -2.29. The maximum Gasteiger partial charge on any atom is 0.264 e. The molecule has 3 rings (SSSR count). The van der Waals surface area contributed by atoms with E-state index in [-0.39, 0.29) is 24.4 Å². The van der Waals surface area contributed by atoms with Crippen LogP contribution in [-0.4, -0.2) is 56.6 Å². The lowest BCUT2D eigenvalue weighted by atomic mass is 10.1. The summed E-state index contributed by atoms with van der Waals surface area (Å²) in [5.41, 5.74) is 2.19. The third-order valence-corrected chi connectivity index (χ3v) is 6.27. The van der Waals surface area contributed by atoms with Gasteiger partial charge >= 0.3 is 0 Å². The van der Waals surface area contributed by atoms with E-state index in [1.54, 1.807) is 13.1 Å². The minimum atomic E-state index is -0.184. The first kappa shape index (κ1) is 20.8. The monoisotopic (exact) mass is 465 g/mol. The molecule has 2 heterocycles. The van der Waals surface area contributed by atoms with Crippen LogP contribution in [0, 0.1) is 0 Å². The van der Waals surface area contributed by atoms with Crippen molar-refractivity contribution in [1.82, 2.24) is 10.2 Å². The fraction of sp³-hybridized carbons (Fsp3) is 0.400. The van der Waals surface area contributed by atoms with Crippen molar-refractivity contribution in [3.8, 4) is 0 Å². The molecular weight excluding hydrogens is 442 g/mol. The summed E-state index contributed by atoms with van der Waals surface area (Å²) < 4.78 is 6.28. The van der Waals surface area contributed by atoms with Crippen LogP contribution in [0.25, 0.3) is 0 Å². The number of amides is 2. The zero-order chi connectivity index (χ0) is 20.1. The van der Waals surface area contributed by atoms with Crippen molar-refractivity contribution in [3.63, 3.8) is 0 Å². The molecule has 1 unspecified atom stereocenters. The second kappa shape index (κ2) is 9.54. The summed E-state index contributed by atoms with van der Waals surface area (Å²) >= 11 is 4.71. The highest BCUT2D eigenvalue weighted by molar-refractivity contribution is 9.11. The van der Waals surface area contributed by atoms with Crippen LogP contribution < -0.4 is 10.2 Å². The molecule has 1 aliphatic rings. The number of nitrogens with zero attached hydrogens (tertiary/aromatic N) is 2. The van der Waals surface area contributed by atoms with Gasteiger partial charge in [0.25, 0.3) is 5.91 Å². The van der Waals surface area contributed by atoms with Crippen molar-refractivity contribution >= 4 is 44.8 Å². The summed E-state index contributed by atoms with van der Waals surface area (Å²) in [7, 11) is 1.64. The van der Waals surface area contributed by atoms with Gasteiger partial charge in [0, 0.05) is 25.8 Å². The third-order valence-electron chi connectivity index (χ3n) is 4.66. The Morgan fingerprint density at radius 3 is 2.50 bits per heavy atom. The number of benzene rings is 1. The number of anilines is 1. The standard InChI is InChI=1S/C20H24BrN3O3S/c1-14(15-3-5-16(6-4-15)24-9-11-27-12-10-24)22-19(25)13-23(2)20(26)17-7-8-18(21)28-17/h3-8,14H,9-13H2,1-2H3,(H,22,25). The van der Waals surface area contributed by atoms with E-state index in [0.29, 0.717) is 4.88 Å². The van der Waals surface area contributed by atoms with E-state index in [1.807, 2.05) is 25.1 Å². The first-order valence-electron chi connectivity index (χ1n) is 9.17. The van der Waals surface area contributed by atoms with E-state index >= 15 is 0 Å². The summed E-state index contributed by atoms with van der Waals surface area (Å²) in [6.45, 7) is 5.26. The third kappa shape index (κ3) is 5.33. The molecule has 1 saturated heterocycles. The zero-order valence-corrected chi connectivity index (χ0v) is 18.4. The minimum absolute atomic E-state index is 0.0184. The molecule has 0 aliphatic carbocycles. The molecule has 2 aromatic rings. The van der Waals surface area contributed by atoms with Gasteiger partial charge in [-0.25, -0.2) is 0 Å². The van der Waals surface area contributed by atoms with Crippen LogP contribution in [0.5, 0.6) is 0 Å². The van der Waals surface area contributed by atoms with Crippen molar-refractivity contribution < 1.29 is 14.3 Å². The van der Waals surface area contributed by atoms with Crippen LogP contribution in [0.1, 0.15) is 28.2 Å². The smallest absolute Gasteiger partial charge is 0.264 e. The lowest BCUT2D eigenvalue weighted by molar-refractivity contribution is -0.122. The predicted molar refractivity (Wildman–Crippen MR) is 115 cm³/mol. The van der Waals surface area contributed by atoms with Gasteiger partial charge in [0.15, 0.2) is 0 Å². The van der Waals surface area contributed by atoms with Crippen molar-refractivity contribution in [1.29, 1.82) is 0 Å². The maximum absolute atomic E-state index is 12.4. The Morgan fingerprint density at radius 2 is 1.89 bits per heavy atom. The molecule has 1 aromatic carbocycles. The topological polar surface area (TPSA) is 61.9 Å². The van der Waals surface area contributed by atoms with Gasteiger partial charge in [0.05, 0.1) is 34.5 Å². The maximum atomic E-state index is 12.4. The Kier molecular flexibility index (Phi) is 7.09. The molecule has 6 nitrogen and oxygen atoms in total. The van der Waals surface area contributed by atoms with E-state index in [9.17, 15) is 9.59 Å². The highest BCUT2D eigenvalue weighted by atomic mass is 79.9. The van der Waals surface area contributed by atoms with Crippen molar-refractivity contribution in [2.24, 2.45) is 0 Å². The molecule has 2 amide bonds. The van der Waals surface area contributed by atoms with E-state index < -0.39 is 0 Å². The van der Waals surface area contributed by atoms with Crippen LogP contribution in [0.2, 0.25) is 0 Å².